The van der Waals surface area contributed by atoms with E-state index in [9.17, 15) is 60.7 Å². The van der Waals surface area contributed by atoms with Gasteiger partial charge in [0.1, 0.15) is 15.1 Å². The minimum atomic E-state index is -0.821. The molecule has 54 heavy (non-hydrogen) atoms. The molecule has 0 spiro atoms. The molecule has 0 saturated carbocycles. The molecule has 0 aliphatic rings. The van der Waals surface area contributed by atoms with Gasteiger partial charge in [-0.25, -0.2) is 0 Å². The molecular formula is C27H17Cl7N7NaO12. The molecule has 4 aromatic rings. The Balaban J connectivity index is 0.000000856. The smallest absolute Gasteiger partial charge is 1.00 e. The maximum atomic E-state index is 11.3. The molecule has 0 saturated heterocycles. The normalized spacial score (nSPS) is 10.1. The van der Waals surface area contributed by atoms with E-state index in [1.807, 2.05) is 0 Å². The molecule has 0 heterocycles. The van der Waals surface area contributed by atoms with Crippen LogP contribution in [-0.4, -0.2) is 29.5 Å². The summed E-state index contributed by atoms with van der Waals surface area (Å²) < 4.78 is 0. The number of halogens is 7. The minimum Gasteiger partial charge on any atom is -1.00 e. The van der Waals surface area contributed by atoms with Gasteiger partial charge in [-0.3, -0.25) is 60.7 Å². The summed E-state index contributed by atoms with van der Waals surface area (Å²) in [6.45, 7) is 2.77. The van der Waals surface area contributed by atoms with Crippen LogP contribution in [0.5, 0.6) is 0 Å². The molecule has 2 N–H and O–H groups in total. The summed E-state index contributed by atoms with van der Waals surface area (Å²) in [6.07, 6.45) is -0.185. The first-order chi connectivity index (χ1) is 24.4. The predicted molar refractivity (Wildman–Crippen MR) is 199 cm³/mol. The van der Waals surface area contributed by atoms with Gasteiger partial charge in [0.25, 0.3) is 34.1 Å². The number of nitro groups is 6. The zero-order valence-electron chi connectivity index (χ0n) is 28.0. The van der Waals surface area contributed by atoms with Crippen LogP contribution in [0.2, 0.25) is 35.2 Å². The molecule has 0 aliphatic carbocycles. The van der Waals surface area contributed by atoms with Crippen molar-refractivity contribution in [1.29, 1.82) is 0 Å². The van der Waals surface area contributed by atoms with Crippen LogP contribution in [0.25, 0.3) is 0 Å². The third-order valence-corrected chi connectivity index (χ3v) is 9.45. The van der Waals surface area contributed by atoms with Gasteiger partial charge in [-0.1, -0.05) is 81.2 Å². The first kappa shape index (κ1) is 48.1. The summed E-state index contributed by atoms with van der Waals surface area (Å²) in [5.41, 5.74) is 3.37. The molecule has 0 bridgehead atoms. The molecule has 0 aromatic heterocycles. The second kappa shape index (κ2) is 20.1. The molecule has 27 heteroatoms. The maximum absolute atomic E-state index is 11.3. The van der Waals surface area contributed by atoms with E-state index in [2.05, 4.69) is 0 Å². The third kappa shape index (κ3) is 11.6. The van der Waals surface area contributed by atoms with Crippen molar-refractivity contribution in [3.05, 3.63) is 154 Å². The second-order valence-electron chi connectivity index (χ2n) is 9.93. The Labute approximate surface area is 359 Å². The summed E-state index contributed by atoms with van der Waals surface area (Å²) in [5, 5.41) is 63.9. The second-order valence-corrected chi connectivity index (χ2v) is 12.7. The summed E-state index contributed by atoms with van der Waals surface area (Å²) in [6, 6.07) is 5.95. The minimum absolute atomic E-state index is 0. The van der Waals surface area contributed by atoms with Crippen molar-refractivity contribution in [3.8, 4) is 0 Å². The standard InChI is InChI=1S/C14H8Cl3N3O6.C7H4Cl2N2O4.C6H4Cl2N2O2.Na.H/c1-6-8(12(19(23)24)5-13(14(6)17)20(25)26)4-9-10(15)2-7(18(21)22)3-11(9)16;1-3-6(8)4(10(12)13)2-5(7(3)9)11(14)15;7-4-1-3(10(11)12)2-5(8)6(4)9;;/h2-3,5H,4H2,1H3;2H,1H3;1-2H,9H2;;/q;;;+1;-1. The predicted octanol–water partition coefficient (Wildman–Crippen LogP) is 7.99. The Hall–Kier alpha value is -3.89. The van der Waals surface area contributed by atoms with E-state index in [1.165, 1.54) is 13.8 Å². The Morgan fingerprint density at radius 1 is 0.481 bits per heavy atom. The molecule has 19 nitrogen and oxygen atoms in total. The number of nitrogen functional groups attached to an aromatic ring is 1. The van der Waals surface area contributed by atoms with E-state index < -0.39 is 52.3 Å². The molecule has 4 rings (SSSR count). The van der Waals surface area contributed by atoms with Gasteiger partial charge in [-0.2, -0.15) is 0 Å². The van der Waals surface area contributed by atoms with Gasteiger partial charge in [0.15, 0.2) is 0 Å². The van der Waals surface area contributed by atoms with Crippen LogP contribution in [-0.2, 0) is 6.42 Å². The molecule has 282 valence electrons. The Morgan fingerprint density at radius 2 is 0.778 bits per heavy atom. The van der Waals surface area contributed by atoms with Crippen LogP contribution in [0, 0.1) is 74.5 Å². The van der Waals surface area contributed by atoms with E-state index in [0.717, 1.165) is 36.4 Å². The number of hydrogen-bond donors (Lipinski definition) is 1. The van der Waals surface area contributed by atoms with Gasteiger partial charge >= 0.3 is 29.6 Å². The van der Waals surface area contributed by atoms with Gasteiger partial charge in [0, 0.05) is 41.8 Å². The van der Waals surface area contributed by atoms with Crippen LogP contribution in [0.3, 0.4) is 0 Å². The Bertz CT molecular complexity index is 2150. The van der Waals surface area contributed by atoms with Gasteiger partial charge in [0.05, 0.1) is 67.5 Å². The average molecular weight is 903 g/mol. The molecule has 0 fully saturated rings. The van der Waals surface area contributed by atoms with Crippen molar-refractivity contribution >= 4 is 121 Å². The van der Waals surface area contributed by atoms with Crippen LogP contribution < -0.4 is 35.3 Å². The molecule has 0 radical (unpaired) electrons. The van der Waals surface area contributed by atoms with Crippen LogP contribution in [0.1, 0.15) is 23.7 Å². The van der Waals surface area contributed by atoms with Crippen LogP contribution in [0.4, 0.5) is 39.8 Å². The number of benzene rings is 4. The van der Waals surface area contributed by atoms with Gasteiger partial charge in [0.2, 0.25) is 0 Å². The fraction of sp³-hybridized carbons (Fsp3) is 0.111. The number of hydrogen-bond acceptors (Lipinski definition) is 13. The van der Waals surface area contributed by atoms with E-state index in [4.69, 9.17) is 86.9 Å². The Kier molecular flexibility index (Phi) is 18.0. The number of nitrogens with two attached hydrogens (primary N) is 1. The van der Waals surface area contributed by atoms with Crippen molar-refractivity contribution in [3.63, 3.8) is 0 Å². The van der Waals surface area contributed by atoms with E-state index >= 15 is 0 Å². The molecule has 0 aliphatic heterocycles. The summed E-state index contributed by atoms with van der Waals surface area (Å²) in [7, 11) is 0. The van der Waals surface area contributed by atoms with E-state index in [1.54, 1.807) is 0 Å². The van der Waals surface area contributed by atoms with Crippen molar-refractivity contribution in [1.82, 2.24) is 0 Å². The van der Waals surface area contributed by atoms with E-state index in [-0.39, 0.29) is 112 Å². The number of nitro benzene ring substituents is 6. The summed E-state index contributed by atoms with van der Waals surface area (Å²) in [5.74, 6) is 0. The van der Waals surface area contributed by atoms with Crippen LogP contribution >= 0.6 is 81.2 Å². The average Bonchev–Trinajstić information content (AvgIpc) is 3.05. The fourth-order valence-electron chi connectivity index (χ4n) is 4.04. The van der Waals surface area contributed by atoms with Crippen molar-refractivity contribution < 1.29 is 60.5 Å². The molecule has 0 unspecified atom stereocenters. The monoisotopic (exact) mass is 899 g/mol. The third-order valence-electron chi connectivity index (χ3n) is 6.72. The Morgan fingerprint density at radius 3 is 1.09 bits per heavy atom. The summed E-state index contributed by atoms with van der Waals surface area (Å²) in [4.78, 5) is 60.0. The van der Waals surface area contributed by atoms with Crippen LogP contribution in [0.15, 0.2) is 36.4 Å². The van der Waals surface area contributed by atoms with Gasteiger partial charge in [-0.15, -0.1) is 0 Å². The van der Waals surface area contributed by atoms with Gasteiger partial charge < -0.3 is 7.16 Å². The maximum Gasteiger partial charge on any atom is 1.00 e. The number of non-ortho nitro benzene ring substituents is 2. The number of rotatable bonds is 8. The summed E-state index contributed by atoms with van der Waals surface area (Å²) >= 11 is 40.4. The molecular weight excluding hydrogens is 885 g/mol. The van der Waals surface area contributed by atoms with Gasteiger partial charge in [-0.05, 0) is 25.0 Å². The van der Waals surface area contributed by atoms with Crippen molar-refractivity contribution in [2.75, 3.05) is 5.73 Å². The molecule has 4 aromatic carbocycles. The number of anilines is 1. The first-order valence-corrected chi connectivity index (χ1v) is 16.0. The number of nitrogens with zero attached hydrogens (tertiary/aromatic N) is 6. The fourth-order valence-corrected chi connectivity index (χ4v) is 5.84. The molecule has 0 amide bonds. The van der Waals surface area contributed by atoms with E-state index in [0.29, 0.717) is 0 Å². The SMILES string of the molecule is Cc1c(Cl)c([N+](=O)[O-])cc([N+](=O)[O-])c1Cc1c(Cl)cc([N+](=O)[O-])cc1Cl.Cc1c(Cl)c([N+](=O)[O-])cc([N+](=O)[O-])c1Cl.Nc1c(Cl)cc([N+](=O)[O-])cc1Cl.[H-].[Na+]. The topological polar surface area (TPSA) is 285 Å². The quantitative estimate of drug-likeness (QED) is 0.0760. The zero-order valence-corrected chi connectivity index (χ0v) is 34.3. The molecule has 0 atom stereocenters. The zero-order chi connectivity index (χ0) is 40.8. The van der Waals surface area contributed by atoms with Crippen molar-refractivity contribution in [2.24, 2.45) is 0 Å². The first-order valence-electron chi connectivity index (χ1n) is 13.3. The van der Waals surface area contributed by atoms with Crippen molar-refractivity contribution in [2.45, 2.75) is 20.3 Å². The largest absolute Gasteiger partial charge is 1.00 e.